The van der Waals surface area contributed by atoms with Crippen LogP contribution in [-0.4, -0.2) is 72.3 Å². The third-order valence-electron chi connectivity index (χ3n) is 7.54. The van der Waals surface area contributed by atoms with Crippen LogP contribution in [0.5, 0.6) is 11.5 Å². The second kappa shape index (κ2) is 12.2. The van der Waals surface area contributed by atoms with E-state index in [1.54, 1.807) is 21.1 Å². The summed E-state index contributed by atoms with van der Waals surface area (Å²) in [6.07, 6.45) is 5.39. The number of piperidine rings is 1. The van der Waals surface area contributed by atoms with Crippen LogP contribution in [0.15, 0.2) is 42.6 Å². The Morgan fingerprint density at radius 3 is 2.56 bits per heavy atom. The first-order chi connectivity index (χ1) is 18.7. The zero-order valence-electron chi connectivity index (χ0n) is 23.8. The fourth-order valence-electron chi connectivity index (χ4n) is 5.61. The van der Waals surface area contributed by atoms with Crippen molar-refractivity contribution in [3.8, 4) is 11.5 Å². The van der Waals surface area contributed by atoms with E-state index in [-0.39, 0.29) is 18.3 Å². The molecule has 8 heteroatoms. The van der Waals surface area contributed by atoms with Crippen LogP contribution < -0.4 is 14.8 Å². The minimum absolute atomic E-state index is 0.0629. The Bertz CT molecular complexity index is 1320. The van der Waals surface area contributed by atoms with Gasteiger partial charge >= 0.3 is 0 Å². The predicted octanol–water partition coefficient (Wildman–Crippen LogP) is 4.63. The van der Waals surface area contributed by atoms with Gasteiger partial charge in [0.15, 0.2) is 5.78 Å². The van der Waals surface area contributed by atoms with Gasteiger partial charge in [-0.1, -0.05) is 6.07 Å². The highest BCUT2D eigenvalue weighted by Crippen LogP contribution is 2.40. The first-order valence-corrected chi connectivity index (χ1v) is 13.8. The van der Waals surface area contributed by atoms with Gasteiger partial charge in [0, 0.05) is 62.2 Å². The molecule has 2 N–H and O–H groups in total. The molecule has 3 heterocycles. The molecule has 1 amide bonds. The molecule has 2 aliphatic rings. The second-order valence-corrected chi connectivity index (χ2v) is 10.8. The molecule has 0 radical (unpaired) electrons. The molecule has 1 aromatic heterocycles. The summed E-state index contributed by atoms with van der Waals surface area (Å²) in [5, 5.41) is 11.4. The van der Waals surface area contributed by atoms with Crippen LogP contribution in [-0.2, 0) is 6.42 Å². The maximum absolute atomic E-state index is 12.7. The number of fused-ring (bicyclic) bond motifs is 2. The predicted molar refractivity (Wildman–Crippen MR) is 153 cm³/mol. The SMILES string of the molecule is CCO.CNC(=O)c1ccc2ccn(C3CCN(CCc4c(OC)ccc5c4OC(C)(C)CC5=O)CC3)c2c1. The molecule has 0 unspecified atom stereocenters. The van der Waals surface area contributed by atoms with E-state index < -0.39 is 5.60 Å². The minimum atomic E-state index is -0.513. The summed E-state index contributed by atoms with van der Waals surface area (Å²) in [6, 6.07) is 12.1. The lowest BCUT2D eigenvalue weighted by molar-refractivity contribution is 0.0610. The van der Waals surface area contributed by atoms with E-state index in [1.807, 2.05) is 44.2 Å². The molecular formula is C31H41N3O5. The number of nitrogens with one attached hydrogen (secondary N) is 1. The monoisotopic (exact) mass is 535 g/mol. The lowest BCUT2D eigenvalue weighted by atomic mass is 9.90. The molecule has 3 aromatic rings. The normalized spacial score (nSPS) is 17.1. The number of ketones is 1. The number of amides is 1. The highest BCUT2D eigenvalue weighted by Gasteiger charge is 2.35. The second-order valence-electron chi connectivity index (χ2n) is 10.8. The Labute approximate surface area is 230 Å². The van der Waals surface area contributed by atoms with Crippen LogP contribution >= 0.6 is 0 Å². The smallest absolute Gasteiger partial charge is 0.251 e. The number of ether oxygens (including phenoxy) is 2. The van der Waals surface area contributed by atoms with E-state index in [0.29, 0.717) is 29.3 Å². The summed E-state index contributed by atoms with van der Waals surface area (Å²) in [5.41, 5.74) is 2.93. The van der Waals surface area contributed by atoms with Crippen molar-refractivity contribution in [2.45, 2.75) is 58.1 Å². The maximum Gasteiger partial charge on any atom is 0.251 e. The number of hydrogen-bond acceptors (Lipinski definition) is 6. The van der Waals surface area contributed by atoms with Crippen molar-refractivity contribution in [3.05, 3.63) is 59.3 Å². The molecule has 0 saturated carbocycles. The van der Waals surface area contributed by atoms with E-state index in [2.05, 4.69) is 27.0 Å². The van der Waals surface area contributed by atoms with Crippen LogP contribution in [0.4, 0.5) is 0 Å². The number of aliphatic hydroxyl groups is 1. The molecule has 1 fully saturated rings. The zero-order valence-corrected chi connectivity index (χ0v) is 23.8. The molecule has 2 aliphatic heterocycles. The molecule has 0 spiro atoms. The van der Waals surface area contributed by atoms with Crippen molar-refractivity contribution >= 4 is 22.6 Å². The Morgan fingerprint density at radius 2 is 1.90 bits per heavy atom. The van der Waals surface area contributed by atoms with Gasteiger partial charge in [-0.25, -0.2) is 0 Å². The molecule has 210 valence electrons. The van der Waals surface area contributed by atoms with Gasteiger partial charge < -0.3 is 29.4 Å². The average Bonchev–Trinajstić information content (AvgIpc) is 3.34. The number of nitrogens with zero attached hydrogens (tertiary/aromatic N) is 2. The van der Waals surface area contributed by atoms with Gasteiger partial charge in [-0.3, -0.25) is 9.59 Å². The molecule has 8 nitrogen and oxygen atoms in total. The number of aliphatic hydroxyl groups excluding tert-OH is 1. The number of benzene rings is 2. The number of likely N-dealkylation sites (tertiary alicyclic amines) is 1. The standard InChI is InChI=1S/C29H35N3O4.C2H6O/c1-29(2)18-25(33)22-7-8-26(35-4)23(27(22)36-29)12-15-31-13-10-21(11-14-31)32-16-9-19-5-6-20(17-24(19)32)28(34)30-3;1-2-3/h5-9,16-17,21H,10-15,18H2,1-4H3,(H,30,34);3H,2H2,1H3. The lowest BCUT2D eigenvalue weighted by Gasteiger charge is -2.35. The van der Waals surface area contributed by atoms with E-state index in [1.165, 1.54) is 0 Å². The largest absolute Gasteiger partial charge is 0.496 e. The highest BCUT2D eigenvalue weighted by atomic mass is 16.5. The molecule has 0 bridgehead atoms. The van der Waals surface area contributed by atoms with Gasteiger partial charge in [0.25, 0.3) is 5.91 Å². The van der Waals surface area contributed by atoms with Crippen LogP contribution in [0.25, 0.3) is 10.9 Å². The summed E-state index contributed by atoms with van der Waals surface area (Å²) >= 11 is 0. The molecule has 1 saturated heterocycles. The number of carbonyl (C=O) groups excluding carboxylic acids is 2. The molecule has 39 heavy (non-hydrogen) atoms. The van der Waals surface area contributed by atoms with Gasteiger partial charge in [-0.05, 0) is 75.8 Å². The average molecular weight is 536 g/mol. The number of Topliss-reactive ketones (excluding diaryl/α,β-unsaturated/α-hetero) is 1. The van der Waals surface area contributed by atoms with Crippen molar-refractivity contribution < 1.29 is 24.2 Å². The van der Waals surface area contributed by atoms with Crippen molar-refractivity contribution in [2.75, 3.05) is 40.4 Å². The van der Waals surface area contributed by atoms with Crippen LogP contribution in [0.2, 0.25) is 0 Å². The first kappa shape index (κ1) is 28.6. The quantitative estimate of drug-likeness (QED) is 0.478. The highest BCUT2D eigenvalue weighted by molar-refractivity contribution is 6.01. The number of rotatable bonds is 6. The van der Waals surface area contributed by atoms with Gasteiger partial charge in [0.1, 0.15) is 17.1 Å². The van der Waals surface area contributed by atoms with E-state index >= 15 is 0 Å². The van der Waals surface area contributed by atoms with Crippen molar-refractivity contribution in [1.82, 2.24) is 14.8 Å². The van der Waals surface area contributed by atoms with E-state index in [4.69, 9.17) is 14.6 Å². The zero-order chi connectivity index (χ0) is 28.2. The first-order valence-electron chi connectivity index (χ1n) is 13.8. The van der Waals surface area contributed by atoms with Gasteiger partial charge in [0.2, 0.25) is 0 Å². The van der Waals surface area contributed by atoms with Gasteiger partial charge in [-0.2, -0.15) is 0 Å². The van der Waals surface area contributed by atoms with E-state index in [0.717, 1.165) is 61.1 Å². The molecule has 0 aliphatic carbocycles. The van der Waals surface area contributed by atoms with Crippen LogP contribution in [0.1, 0.15) is 72.4 Å². The summed E-state index contributed by atoms with van der Waals surface area (Å²) < 4.78 is 14.3. The van der Waals surface area contributed by atoms with Crippen LogP contribution in [0.3, 0.4) is 0 Å². The van der Waals surface area contributed by atoms with Crippen molar-refractivity contribution in [1.29, 1.82) is 0 Å². The summed E-state index contributed by atoms with van der Waals surface area (Å²) in [7, 11) is 3.33. The summed E-state index contributed by atoms with van der Waals surface area (Å²) in [6.45, 7) is 8.71. The third kappa shape index (κ3) is 6.28. The van der Waals surface area contributed by atoms with Crippen LogP contribution in [0, 0.1) is 0 Å². The topological polar surface area (TPSA) is 93.0 Å². The summed E-state index contributed by atoms with van der Waals surface area (Å²) in [5.74, 6) is 1.53. The Kier molecular flexibility index (Phi) is 8.97. The molecule has 2 aromatic carbocycles. The maximum atomic E-state index is 12.7. The van der Waals surface area contributed by atoms with Gasteiger partial charge in [0.05, 0.1) is 19.1 Å². The van der Waals surface area contributed by atoms with Crippen molar-refractivity contribution in [3.63, 3.8) is 0 Å². The minimum Gasteiger partial charge on any atom is -0.496 e. The number of methoxy groups -OCH3 is 1. The number of hydrogen-bond donors (Lipinski definition) is 2. The summed E-state index contributed by atoms with van der Waals surface area (Å²) in [4.78, 5) is 27.3. The fraction of sp³-hybridized carbons (Fsp3) is 0.484. The molecule has 0 atom stereocenters. The fourth-order valence-corrected chi connectivity index (χ4v) is 5.61. The Hall–Kier alpha value is -3.36. The molecular weight excluding hydrogens is 494 g/mol. The Morgan fingerprint density at radius 1 is 1.18 bits per heavy atom. The Balaban J connectivity index is 0.00000112. The van der Waals surface area contributed by atoms with E-state index in [9.17, 15) is 9.59 Å². The lowest BCUT2D eigenvalue weighted by Crippen LogP contribution is -2.37. The molecule has 5 rings (SSSR count). The van der Waals surface area contributed by atoms with Crippen molar-refractivity contribution in [2.24, 2.45) is 0 Å². The number of carbonyl (C=O) groups is 2. The van der Waals surface area contributed by atoms with Gasteiger partial charge in [-0.15, -0.1) is 0 Å². The third-order valence-corrected chi connectivity index (χ3v) is 7.54. The number of aromatic nitrogens is 1.